The number of carboxylic acids is 1. The second-order valence-electron chi connectivity index (χ2n) is 3.74. The van der Waals surface area contributed by atoms with Gasteiger partial charge in [0.05, 0.1) is 12.7 Å². The summed E-state index contributed by atoms with van der Waals surface area (Å²) in [5.74, 6) is -0.990. The Hall–Kier alpha value is -1.90. The number of aromatic nitrogens is 3. The maximum absolute atomic E-state index is 11.3. The molecule has 19 heavy (non-hydrogen) atoms. The molecule has 0 aliphatic heterocycles. The minimum absolute atomic E-state index is 0.207. The second kappa shape index (κ2) is 5.83. The highest BCUT2D eigenvalue weighted by molar-refractivity contribution is 7.99. The van der Waals surface area contributed by atoms with Crippen LogP contribution in [0.4, 0.5) is 5.69 Å². The molecule has 100 valence electrons. The predicted octanol–water partition coefficient (Wildman–Crippen LogP) is 0.421. The third kappa shape index (κ3) is 3.11. The van der Waals surface area contributed by atoms with Gasteiger partial charge in [-0.3, -0.25) is 0 Å². The van der Waals surface area contributed by atoms with Gasteiger partial charge in [-0.15, -0.1) is 10.2 Å². The lowest BCUT2D eigenvalue weighted by Gasteiger charge is -2.06. The van der Waals surface area contributed by atoms with Crippen LogP contribution in [0.25, 0.3) is 0 Å². The third-order valence-corrected chi connectivity index (χ3v) is 3.49. The zero-order chi connectivity index (χ0) is 13.8. The van der Waals surface area contributed by atoms with Crippen molar-refractivity contribution < 1.29 is 20.2 Å². The monoisotopic (exact) mass is 281 g/mol. The fourth-order valence-corrected chi connectivity index (χ4v) is 2.34. The standard InChI is InChI=1S/C11H12N4O3S/c1-15-6-12-13-11(15)19-9-4-3-7(14-18-2)5-8(9)10(16)17/h3-6,14H,1-2H3,(H,16,17)/p+1. The molecule has 7 nitrogen and oxygen atoms in total. The SMILES string of the molecule is CO[NH2+]c1ccc(Sc2nncn2C)c(C(=O)O)c1. The van der Waals surface area contributed by atoms with Crippen molar-refractivity contribution >= 4 is 23.4 Å². The Kier molecular flexibility index (Phi) is 4.15. The van der Waals surface area contributed by atoms with Crippen molar-refractivity contribution in [2.45, 2.75) is 10.1 Å². The Morgan fingerprint density at radius 1 is 1.53 bits per heavy atom. The topological polar surface area (TPSA) is 93.9 Å². The summed E-state index contributed by atoms with van der Waals surface area (Å²) in [5.41, 5.74) is 2.39. The molecule has 0 amide bonds. The van der Waals surface area contributed by atoms with E-state index in [1.807, 2.05) is 0 Å². The van der Waals surface area contributed by atoms with Gasteiger partial charge in [0.15, 0.2) is 10.8 Å². The van der Waals surface area contributed by atoms with Gasteiger partial charge < -0.3 is 9.67 Å². The quantitative estimate of drug-likeness (QED) is 0.609. The summed E-state index contributed by atoms with van der Waals surface area (Å²) in [6.07, 6.45) is 1.57. The molecule has 3 N–H and O–H groups in total. The average Bonchev–Trinajstić information content (AvgIpc) is 2.77. The summed E-state index contributed by atoms with van der Waals surface area (Å²) in [6, 6.07) is 5.08. The minimum Gasteiger partial charge on any atom is -0.478 e. The minimum atomic E-state index is -0.990. The van der Waals surface area contributed by atoms with E-state index in [1.165, 1.54) is 24.4 Å². The van der Waals surface area contributed by atoms with E-state index in [1.54, 1.807) is 36.1 Å². The van der Waals surface area contributed by atoms with Crippen molar-refractivity contribution in [2.24, 2.45) is 7.05 Å². The highest BCUT2D eigenvalue weighted by atomic mass is 32.2. The van der Waals surface area contributed by atoms with Crippen LogP contribution in [0.3, 0.4) is 0 Å². The van der Waals surface area contributed by atoms with E-state index in [4.69, 9.17) is 4.84 Å². The van der Waals surface area contributed by atoms with Gasteiger partial charge in [-0.1, -0.05) is 0 Å². The van der Waals surface area contributed by atoms with Crippen molar-refractivity contribution in [3.8, 4) is 0 Å². The molecular weight excluding hydrogens is 268 g/mol. The van der Waals surface area contributed by atoms with Crippen LogP contribution >= 0.6 is 11.8 Å². The maximum atomic E-state index is 11.3. The van der Waals surface area contributed by atoms with Gasteiger partial charge in [-0.2, -0.15) is 5.48 Å². The molecule has 0 spiro atoms. The average molecular weight is 281 g/mol. The van der Waals surface area contributed by atoms with Gasteiger partial charge in [-0.25, -0.2) is 9.63 Å². The molecule has 1 heterocycles. The Morgan fingerprint density at radius 2 is 2.32 bits per heavy atom. The number of hydrogen-bond acceptors (Lipinski definition) is 5. The van der Waals surface area contributed by atoms with Crippen molar-refractivity contribution in [1.82, 2.24) is 14.8 Å². The van der Waals surface area contributed by atoms with Gasteiger partial charge in [0, 0.05) is 24.1 Å². The zero-order valence-corrected chi connectivity index (χ0v) is 11.2. The molecule has 1 aromatic carbocycles. The molecule has 2 rings (SSSR count). The highest BCUT2D eigenvalue weighted by Gasteiger charge is 2.15. The number of aromatic carboxylic acids is 1. The molecule has 8 heteroatoms. The van der Waals surface area contributed by atoms with Crippen molar-refractivity contribution in [1.29, 1.82) is 0 Å². The van der Waals surface area contributed by atoms with Gasteiger partial charge in [0.2, 0.25) is 0 Å². The predicted molar refractivity (Wildman–Crippen MR) is 67.1 cm³/mol. The van der Waals surface area contributed by atoms with E-state index >= 15 is 0 Å². The van der Waals surface area contributed by atoms with E-state index in [0.29, 0.717) is 15.7 Å². The Balaban J connectivity index is 2.34. The summed E-state index contributed by atoms with van der Waals surface area (Å²) in [5, 5.41) is 17.6. The Bertz CT molecular complexity index is 599. The first-order valence-corrected chi connectivity index (χ1v) is 6.18. The van der Waals surface area contributed by atoms with Gasteiger partial charge in [0.25, 0.3) is 0 Å². The maximum Gasteiger partial charge on any atom is 0.337 e. The fourth-order valence-electron chi connectivity index (χ4n) is 1.48. The smallest absolute Gasteiger partial charge is 0.337 e. The van der Waals surface area contributed by atoms with E-state index in [2.05, 4.69) is 10.2 Å². The number of carboxylic acid groups (broad SMARTS) is 1. The van der Waals surface area contributed by atoms with Crippen molar-refractivity contribution in [3.05, 3.63) is 30.1 Å². The summed E-state index contributed by atoms with van der Waals surface area (Å²) in [6.45, 7) is 0. The molecule has 1 aromatic heterocycles. The summed E-state index contributed by atoms with van der Waals surface area (Å²) in [7, 11) is 3.32. The first-order chi connectivity index (χ1) is 9.11. The van der Waals surface area contributed by atoms with Crippen LogP contribution in [0.15, 0.2) is 34.6 Å². The van der Waals surface area contributed by atoms with E-state index < -0.39 is 5.97 Å². The van der Waals surface area contributed by atoms with Crippen molar-refractivity contribution in [3.63, 3.8) is 0 Å². The number of nitrogens with zero attached hydrogens (tertiary/aromatic N) is 3. The van der Waals surface area contributed by atoms with E-state index in [9.17, 15) is 9.90 Å². The Morgan fingerprint density at radius 3 is 2.89 bits per heavy atom. The molecule has 0 aliphatic rings. The molecule has 2 aromatic rings. The molecule has 0 saturated heterocycles. The Labute approximate surface area is 113 Å². The van der Waals surface area contributed by atoms with Gasteiger partial charge >= 0.3 is 5.97 Å². The van der Waals surface area contributed by atoms with Crippen LogP contribution in [0.2, 0.25) is 0 Å². The molecule has 0 atom stereocenters. The lowest BCUT2D eigenvalue weighted by Crippen LogP contribution is -2.75. The first-order valence-electron chi connectivity index (χ1n) is 5.37. The summed E-state index contributed by atoms with van der Waals surface area (Å²) < 4.78 is 1.73. The molecule has 0 fully saturated rings. The van der Waals surface area contributed by atoms with Crippen LogP contribution in [-0.2, 0) is 11.9 Å². The molecular formula is C11H13N4O3S+. The number of quaternary nitrogens is 1. The fraction of sp³-hybridized carbons (Fsp3) is 0.182. The van der Waals surface area contributed by atoms with Gasteiger partial charge in [0.1, 0.15) is 6.33 Å². The first kappa shape index (κ1) is 13.5. The molecule has 0 aliphatic carbocycles. The van der Waals surface area contributed by atoms with E-state index in [0.717, 1.165) is 0 Å². The second-order valence-corrected chi connectivity index (χ2v) is 4.75. The zero-order valence-electron chi connectivity index (χ0n) is 10.4. The van der Waals surface area contributed by atoms with Crippen molar-refractivity contribution in [2.75, 3.05) is 7.11 Å². The van der Waals surface area contributed by atoms with E-state index in [-0.39, 0.29) is 5.56 Å². The largest absolute Gasteiger partial charge is 0.478 e. The molecule has 0 radical (unpaired) electrons. The number of rotatable bonds is 5. The highest BCUT2D eigenvalue weighted by Crippen LogP contribution is 2.29. The number of aryl methyl sites for hydroxylation is 1. The van der Waals surface area contributed by atoms with Gasteiger partial charge in [-0.05, 0) is 17.8 Å². The summed E-state index contributed by atoms with van der Waals surface area (Å²) in [4.78, 5) is 16.8. The molecule has 0 bridgehead atoms. The third-order valence-electron chi connectivity index (χ3n) is 2.36. The number of carbonyl (C=O) groups is 1. The van der Waals surface area contributed by atoms with Crippen LogP contribution < -0.4 is 5.48 Å². The lowest BCUT2D eigenvalue weighted by atomic mass is 10.2. The van der Waals surface area contributed by atoms with Crippen LogP contribution in [0.5, 0.6) is 0 Å². The van der Waals surface area contributed by atoms with Crippen LogP contribution in [0, 0.1) is 0 Å². The lowest BCUT2D eigenvalue weighted by molar-refractivity contribution is -0.830. The van der Waals surface area contributed by atoms with Crippen LogP contribution in [-0.4, -0.2) is 33.0 Å². The summed E-state index contributed by atoms with van der Waals surface area (Å²) >= 11 is 1.26. The molecule has 0 saturated carbocycles. The number of hydrogen-bond donors (Lipinski definition) is 2. The number of nitrogens with two attached hydrogens (primary N) is 1. The normalized spacial score (nSPS) is 10.6. The number of benzene rings is 1. The molecule has 0 unspecified atom stereocenters. The van der Waals surface area contributed by atoms with Crippen LogP contribution in [0.1, 0.15) is 10.4 Å².